The minimum Gasteiger partial charge on any atom is -0.480 e. The van der Waals surface area contributed by atoms with Crippen LogP contribution in [0.3, 0.4) is 0 Å². The van der Waals surface area contributed by atoms with Crippen molar-refractivity contribution in [3.05, 3.63) is 34.9 Å². The summed E-state index contributed by atoms with van der Waals surface area (Å²) in [6, 6.07) is 4.85. The van der Waals surface area contributed by atoms with Crippen molar-refractivity contribution in [2.75, 3.05) is 6.54 Å². The Morgan fingerprint density at radius 2 is 1.77 bits per heavy atom. The largest absolute Gasteiger partial charge is 0.480 e. The molecule has 0 spiro atoms. The smallest absolute Gasteiger partial charge is 0.328 e. The van der Waals surface area contributed by atoms with Crippen LogP contribution in [-0.4, -0.2) is 45.8 Å². The molecule has 7 nitrogen and oxygen atoms in total. The van der Waals surface area contributed by atoms with Gasteiger partial charge in [-0.1, -0.05) is 11.6 Å². The number of hydrogen-bond acceptors (Lipinski definition) is 4. The third kappa shape index (κ3) is 2.69. The van der Waals surface area contributed by atoms with Gasteiger partial charge in [0.25, 0.3) is 11.8 Å². The second-order valence-electron chi connectivity index (χ2n) is 5.72. The van der Waals surface area contributed by atoms with Gasteiger partial charge in [0.1, 0.15) is 12.1 Å². The van der Waals surface area contributed by atoms with E-state index in [-0.39, 0.29) is 11.1 Å². The molecule has 116 valence electrons. The lowest BCUT2D eigenvalue weighted by Gasteiger charge is -2.22. The molecule has 0 fully saturated rings. The Kier molecular flexibility index (Phi) is 3.74. The van der Waals surface area contributed by atoms with Crippen LogP contribution >= 0.6 is 0 Å². The summed E-state index contributed by atoms with van der Waals surface area (Å²) in [5.74, 6) is -3.02. The number of carboxylic acid groups (broad SMARTS) is 1. The first-order valence-electron chi connectivity index (χ1n) is 6.65. The van der Waals surface area contributed by atoms with Crippen molar-refractivity contribution in [1.29, 1.82) is 0 Å². The van der Waals surface area contributed by atoms with Crippen molar-refractivity contribution in [2.24, 2.45) is 0 Å². The summed E-state index contributed by atoms with van der Waals surface area (Å²) >= 11 is 0. The summed E-state index contributed by atoms with van der Waals surface area (Å²) in [4.78, 5) is 48.1. The Labute approximate surface area is 126 Å². The third-order valence-electron chi connectivity index (χ3n) is 3.41. The van der Waals surface area contributed by atoms with Crippen LogP contribution in [0.25, 0.3) is 0 Å². The molecule has 1 heterocycles. The number of carbonyl (C=O) groups excluding carboxylic acids is 3. The molecule has 1 aromatic carbocycles. The maximum atomic E-state index is 12.2. The maximum absolute atomic E-state index is 12.2. The quantitative estimate of drug-likeness (QED) is 0.791. The van der Waals surface area contributed by atoms with Gasteiger partial charge < -0.3 is 10.4 Å². The molecular weight excluding hydrogens is 288 g/mol. The van der Waals surface area contributed by atoms with E-state index in [9.17, 15) is 19.2 Å². The fraction of sp³-hybridized carbons (Fsp3) is 0.333. The molecule has 2 rings (SSSR count). The standard InChI is InChI=1S/C15H16N2O5/c1-8-4-5-9-10(6-8)13(20)17(12(9)19)7-11(18)16-15(2,3)14(21)22/h4-6H,7H2,1-3H3,(H,16,18)(H,21,22). The molecule has 1 aliphatic rings. The summed E-state index contributed by atoms with van der Waals surface area (Å²) in [5.41, 5.74) is -0.138. The van der Waals surface area contributed by atoms with Gasteiger partial charge in [-0.3, -0.25) is 19.3 Å². The van der Waals surface area contributed by atoms with Crippen LogP contribution in [0.15, 0.2) is 18.2 Å². The van der Waals surface area contributed by atoms with Gasteiger partial charge in [0.15, 0.2) is 0 Å². The van der Waals surface area contributed by atoms with Crippen molar-refractivity contribution in [2.45, 2.75) is 26.3 Å². The van der Waals surface area contributed by atoms with Crippen LogP contribution in [0.5, 0.6) is 0 Å². The Bertz CT molecular complexity index is 693. The lowest BCUT2D eigenvalue weighted by atomic mass is 10.1. The van der Waals surface area contributed by atoms with Gasteiger partial charge in [-0.2, -0.15) is 0 Å². The lowest BCUT2D eigenvalue weighted by Crippen LogP contribution is -2.53. The number of amides is 3. The maximum Gasteiger partial charge on any atom is 0.328 e. The molecule has 0 unspecified atom stereocenters. The first kappa shape index (κ1) is 15.7. The Morgan fingerprint density at radius 3 is 2.36 bits per heavy atom. The summed E-state index contributed by atoms with van der Waals surface area (Å²) in [6.45, 7) is 3.92. The normalized spacial score (nSPS) is 14.0. The van der Waals surface area contributed by atoms with Crippen LogP contribution in [0.2, 0.25) is 0 Å². The Morgan fingerprint density at radius 1 is 1.18 bits per heavy atom. The molecule has 1 aromatic rings. The first-order chi connectivity index (χ1) is 10.1. The second-order valence-corrected chi connectivity index (χ2v) is 5.72. The molecule has 3 amide bonds. The van der Waals surface area contributed by atoms with Gasteiger partial charge in [0.05, 0.1) is 11.1 Å². The fourth-order valence-electron chi connectivity index (χ4n) is 2.13. The van der Waals surface area contributed by atoms with Crippen LogP contribution < -0.4 is 5.32 Å². The molecule has 0 aromatic heterocycles. The average molecular weight is 304 g/mol. The first-order valence-corrected chi connectivity index (χ1v) is 6.65. The van der Waals surface area contributed by atoms with E-state index in [1.807, 2.05) is 0 Å². The van der Waals surface area contributed by atoms with Crippen molar-refractivity contribution in [3.8, 4) is 0 Å². The van der Waals surface area contributed by atoms with E-state index in [4.69, 9.17) is 5.11 Å². The van der Waals surface area contributed by atoms with Crippen LogP contribution in [-0.2, 0) is 9.59 Å². The molecular formula is C15H16N2O5. The zero-order valence-electron chi connectivity index (χ0n) is 12.5. The molecule has 1 aliphatic heterocycles. The molecule has 7 heteroatoms. The molecule has 0 saturated heterocycles. The van der Waals surface area contributed by atoms with E-state index in [0.29, 0.717) is 0 Å². The number of rotatable bonds is 4. The Balaban J connectivity index is 2.16. The van der Waals surface area contributed by atoms with Gasteiger partial charge in [-0.05, 0) is 32.9 Å². The van der Waals surface area contributed by atoms with E-state index in [0.717, 1.165) is 10.5 Å². The van der Waals surface area contributed by atoms with E-state index < -0.39 is 35.8 Å². The highest BCUT2D eigenvalue weighted by atomic mass is 16.4. The molecule has 0 aliphatic carbocycles. The summed E-state index contributed by atoms with van der Waals surface area (Å²) in [6.07, 6.45) is 0. The molecule has 22 heavy (non-hydrogen) atoms. The minimum atomic E-state index is -1.48. The van der Waals surface area contributed by atoms with E-state index in [2.05, 4.69) is 5.32 Å². The SMILES string of the molecule is Cc1ccc2c(c1)C(=O)N(CC(=O)NC(C)(C)C(=O)O)C2=O. The van der Waals surface area contributed by atoms with Crippen LogP contribution in [0, 0.1) is 6.92 Å². The number of nitrogens with zero attached hydrogens (tertiary/aromatic N) is 1. The van der Waals surface area contributed by atoms with Gasteiger partial charge in [0, 0.05) is 0 Å². The number of nitrogens with one attached hydrogen (secondary N) is 1. The Hall–Kier alpha value is -2.70. The molecule has 0 bridgehead atoms. The number of aliphatic carboxylic acids is 1. The number of carboxylic acids is 1. The predicted molar refractivity (Wildman–Crippen MR) is 76.4 cm³/mol. The number of aryl methyl sites for hydroxylation is 1. The number of imide groups is 1. The minimum absolute atomic E-state index is 0.251. The molecule has 0 saturated carbocycles. The molecule has 2 N–H and O–H groups in total. The third-order valence-corrected chi connectivity index (χ3v) is 3.41. The van der Waals surface area contributed by atoms with Gasteiger partial charge in [0.2, 0.25) is 5.91 Å². The van der Waals surface area contributed by atoms with Crippen molar-refractivity contribution < 1.29 is 24.3 Å². The number of hydrogen-bond donors (Lipinski definition) is 2. The van der Waals surface area contributed by atoms with E-state index in [1.165, 1.54) is 13.8 Å². The van der Waals surface area contributed by atoms with E-state index in [1.54, 1.807) is 25.1 Å². The highest BCUT2D eigenvalue weighted by Crippen LogP contribution is 2.23. The zero-order chi connectivity index (χ0) is 16.7. The summed E-state index contributed by atoms with van der Waals surface area (Å²) in [5, 5.41) is 11.2. The van der Waals surface area contributed by atoms with E-state index >= 15 is 0 Å². The monoisotopic (exact) mass is 304 g/mol. The van der Waals surface area contributed by atoms with Gasteiger partial charge >= 0.3 is 5.97 Å². The molecule has 0 radical (unpaired) electrons. The number of carbonyl (C=O) groups is 4. The van der Waals surface area contributed by atoms with Crippen molar-refractivity contribution in [1.82, 2.24) is 10.2 Å². The predicted octanol–water partition coefficient (Wildman–Crippen LogP) is 0.570. The van der Waals surface area contributed by atoms with Crippen molar-refractivity contribution in [3.63, 3.8) is 0 Å². The molecule has 0 atom stereocenters. The highest BCUT2D eigenvalue weighted by molar-refractivity contribution is 6.22. The highest BCUT2D eigenvalue weighted by Gasteiger charge is 2.38. The number of fused-ring (bicyclic) bond motifs is 1. The van der Waals surface area contributed by atoms with Gasteiger partial charge in [-0.25, -0.2) is 4.79 Å². The van der Waals surface area contributed by atoms with Crippen LogP contribution in [0.4, 0.5) is 0 Å². The second kappa shape index (κ2) is 5.25. The lowest BCUT2D eigenvalue weighted by molar-refractivity contribution is -0.146. The summed E-state index contributed by atoms with van der Waals surface area (Å²) < 4.78 is 0. The number of benzene rings is 1. The van der Waals surface area contributed by atoms with Crippen LogP contribution in [0.1, 0.15) is 40.1 Å². The summed E-state index contributed by atoms with van der Waals surface area (Å²) in [7, 11) is 0. The van der Waals surface area contributed by atoms with Gasteiger partial charge in [-0.15, -0.1) is 0 Å². The van der Waals surface area contributed by atoms with Crippen molar-refractivity contribution >= 4 is 23.7 Å². The topological polar surface area (TPSA) is 104 Å². The average Bonchev–Trinajstić information content (AvgIpc) is 2.63. The fourth-order valence-corrected chi connectivity index (χ4v) is 2.13. The zero-order valence-corrected chi connectivity index (χ0v) is 12.5.